The zero-order chi connectivity index (χ0) is 18.9. The van der Waals surface area contributed by atoms with Crippen molar-refractivity contribution in [2.75, 3.05) is 5.32 Å². The summed E-state index contributed by atoms with van der Waals surface area (Å²) < 4.78 is 17.8. The van der Waals surface area contributed by atoms with Gasteiger partial charge in [0.25, 0.3) is 0 Å². The van der Waals surface area contributed by atoms with Crippen molar-refractivity contribution in [3.8, 4) is 16.8 Å². The third-order valence-corrected chi connectivity index (χ3v) is 5.37. The number of aryl methyl sites for hydroxylation is 2. The highest BCUT2D eigenvalue weighted by Gasteiger charge is 2.37. The predicted molar refractivity (Wildman–Crippen MR) is 105 cm³/mol. The van der Waals surface area contributed by atoms with Crippen LogP contribution < -0.4 is 5.32 Å². The van der Waals surface area contributed by atoms with E-state index in [1.54, 1.807) is 0 Å². The molecule has 0 aliphatic carbocycles. The van der Waals surface area contributed by atoms with E-state index in [1.807, 2.05) is 68.8 Å². The van der Waals surface area contributed by atoms with Crippen molar-refractivity contribution in [1.29, 1.82) is 0 Å². The fraction of sp³-hybridized carbons (Fsp3) is 0.238. The van der Waals surface area contributed by atoms with Crippen molar-refractivity contribution < 1.29 is 4.39 Å². The van der Waals surface area contributed by atoms with Gasteiger partial charge in [-0.3, -0.25) is 4.57 Å². The van der Waals surface area contributed by atoms with Gasteiger partial charge in [-0.15, -0.1) is 10.2 Å². The van der Waals surface area contributed by atoms with E-state index in [1.165, 1.54) is 0 Å². The van der Waals surface area contributed by atoms with Crippen LogP contribution in [0.3, 0.4) is 0 Å². The lowest BCUT2D eigenvalue weighted by Gasteiger charge is -2.35. The van der Waals surface area contributed by atoms with Gasteiger partial charge in [-0.05, 0) is 57.0 Å². The molecule has 0 saturated carbocycles. The number of benzene rings is 2. The van der Waals surface area contributed by atoms with Gasteiger partial charge in [-0.25, -0.2) is 4.39 Å². The van der Waals surface area contributed by atoms with Gasteiger partial charge >= 0.3 is 0 Å². The van der Waals surface area contributed by atoms with E-state index in [9.17, 15) is 0 Å². The minimum atomic E-state index is -0.437. The number of hydrogen-bond donors (Lipinski definition) is 2. The third-order valence-electron chi connectivity index (χ3n) is 5.37. The molecule has 0 unspecified atom stereocenters. The molecule has 0 spiro atoms. The highest BCUT2D eigenvalue weighted by Crippen LogP contribution is 2.43. The fourth-order valence-corrected chi connectivity index (χ4v) is 4.06. The number of hydrogen-bond acceptors (Lipinski definition) is 3. The Hall–Kier alpha value is -3.15. The Labute approximate surface area is 156 Å². The molecule has 0 saturated heterocycles. The molecule has 5 rings (SSSR count). The second kappa shape index (κ2) is 5.19. The van der Waals surface area contributed by atoms with Gasteiger partial charge in [-0.1, -0.05) is 12.1 Å². The Bertz CT molecular complexity index is 1220. The molecule has 1 aliphatic rings. The van der Waals surface area contributed by atoms with Crippen LogP contribution in [0.1, 0.15) is 31.1 Å². The number of H-pyrrole nitrogens is 1. The third kappa shape index (κ3) is 2.10. The number of nitrogens with zero attached hydrogens (tertiary/aromatic N) is 3. The van der Waals surface area contributed by atoms with Gasteiger partial charge in [0.2, 0.25) is 0 Å². The predicted octanol–water partition coefficient (Wildman–Crippen LogP) is 4.83. The molecule has 0 atom stereocenters. The summed E-state index contributed by atoms with van der Waals surface area (Å²) in [5.41, 5.74) is 4.27. The van der Waals surface area contributed by atoms with E-state index < -0.39 is 5.54 Å². The maximum Gasteiger partial charge on any atom is 0.162 e. The van der Waals surface area contributed by atoms with Crippen molar-refractivity contribution in [3.05, 3.63) is 59.6 Å². The largest absolute Gasteiger partial charge is 0.371 e. The van der Waals surface area contributed by atoms with E-state index in [-0.39, 0.29) is 5.82 Å². The number of anilines is 1. The van der Waals surface area contributed by atoms with Gasteiger partial charge in [0.1, 0.15) is 11.5 Å². The molecular weight excluding hydrogens is 341 g/mol. The van der Waals surface area contributed by atoms with Crippen LogP contribution in [0.5, 0.6) is 0 Å². The molecule has 0 fully saturated rings. The van der Waals surface area contributed by atoms with Crippen LogP contribution in [-0.2, 0) is 5.54 Å². The van der Waals surface area contributed by atoms with E-state index in [2.05, 4.69) is 20.5 Å². The first-order valence-electron chi connectivity index (χ1n) is 8.99. The molecule has 0 amide bonds. The fourth-order valence-electron chi connectivity index (χ4n) is 4.06. The summed E-state index contributed by atoms with van der Waals surface area (Å²) in [6.07, 6.45) is 1.88. The van der Waals surface area contributed by atoms with Crippen molar-refractivity contribution in [3.63, 3.8) is 0 Å². The number of halogens is 1. The van der Waals surface area contributed by atoms with Gasteiger partial charge in [-0.2, -0.15) is 0 Å². The van der Waals surface area contributed by atoms with Gasteiger partial charge in [0.15, 0.2) is 11.6 Å². The van der Waals surface area contributed by atoms with Crippen LogP contribution >= 0.6 is 0 Å². The molecule has 1 aliphatic heterocycles. The average Bonchev–Trinajstić information content (AvgIpc) is 3.25. The van der Waals surface area contributed by atoms with Crippen molar-refractivity contribution >= 4 is 16.6 Å². The molecule has 2 aromatic carbocycles. The highest BCUT2D eigenvalue weighted by molar-refractivity contribution is 5.96. The second-order valence-corrected chi connectivity index (χ2v) is 7.68. The number of aromatic amines is 1. The van der Waals surface area contributed by atoms with E-state index >= 15 is 4.39 Å². The molecule has 27 heavy (non-hydrogen) atoms. The molecule has 5 nitrogen and oxygen atoms in total. The Kier molecular flexibility index (Phi) is 3.09. The molecular formula is C21H20FN5. The lowest BCUT2D eigenvalue weighted by molar-refractivity contribution is 0.522. The van der Waals surface area contributed by atoms with E-state index in [0.717, 1.165) is 27.7 Å². The Morgan fingerprint density at radius 3 is 2.70 bits per heavy atom. The summed E-state index contributed by atoms with van der Waals surface area (Å²) in [6.45, 7) is 7.92. The van der Waals surface area contributed by atoms with Gasteiger partial charge in [0.05, 0.1) is 11.2 Å². The summed E-state index contributed by atoms with van der Waals surface area (Å²) >= 11 is 0. The van der Waals surface area contributed by atoms with E-state index in [0.29, 0.717) is 22.9 Å². The molecule has 3 heterocycles. The number of fused-ring (bicyclic) bond motifs is 4. The summed E-state index contributed by atoms with van der Waals surface area (Å²) in [6, 6.07) is 9.80. The summed E-state index contributed by atoms with van der Waals surface area (Å²) in [7, 11) is 0. The van der Waals surface area contributed by atoms with Gasteiger partial charge in [0, 0.05) is 22.7 Å². The topological polar surface area (TPSA) is 58.5 Å². The monoisotopic (exact) mass is 361 g/mol. The maximum absolute atomic E-state index is 15.9. The molecule has 2 aromatic heterocycles. The molecule has 0 radical (unpaired) electrons. The quantitative estimate of drug-likeness (QED) is 0.510. The van der Waals surface area contributed by atoms with Crippen molar-refractivity contribution in [2.45, 2.75) is 33.2 Å². The number of nitrogens with one attached hydrogen (secondary N) is 2. The zero-order valence-corrected chi connectivity index (χ0v) is 15.7. The molecule has 0 bridgehead atoms. The lowest BCUT2D eigenvalue weighted by atomic mass is 9.93. The minimum Gasteiger partial charge on any atom is -0.371 e. The molecule has 4 aromatic rings. The zero-order valence-electron chi connectivity index (χ0n) is 15.7. The first kappa shape index (κ1) is 16.1. The van der Waals surface area contributed by atoms with Crippen LogP contribution in [0.2, 0.25) is 0 Å². The molecule has 136 valence electrons. The Balaban J connectivity index is 1.87. The van der Waals surface area contributed by atoms with Crippen molar-refractivity contribution in [1.82, 2.24) is 19.7 Å². The van der Waals surface area contributed by atoms with Crippen LogP contribution in [0, 0.1) is 19.7 Å². The summed E-state index contributed by atoms with van der Waals surface area (Å²) in [4.78, 5) is 3.20. The van der Waals surface area contributed by atoms with Crippen LogP contribution in [0.25, 0.3) is 27.7 Å². The van der Waals surface area contributed by atoms with Crippen molar-refractivity contribution in [2.24, 2.45) is 0 Å². The average molecular weight is 361 g/mol. The lowest BCUT2D eigenvalue weighted by Crippen LogP contribution is -2.36. The smallest absolute Gasteiger partial charge is 0.162 e. The second-order valence-electron chi connectivity index (χ2n) is 7.68. The first-order valence-corrected chi connectivity index (χ1v) is 8.99. The Morgan fingerprint density at radius 1 is 1.07 bits per heavy atom. The summed E-state index contributed by atoms with van der Waals surface area (Å²) in [5.74, 6) is 1.12. The highest BCUT2D eigenvalue weighted by atomic mass is 19.1. The summed E-state index contributed by atoms with van der Waals surface area (Å²) in [5, 5.41) is 13.0. The Morgan fingerprint density at radius 2 is 1.89 bits per heavy atom. The SMILES string of the molecule is Cc1cc(-c2cccc3[nH]ccc23)c(F)c2c1NC(C)(C)c1nnc(C)n1-2. The van der Waals surface area contributed by atoms with Crippen LogP contribution in [0.15, 0.2) is 36.5 Å². The number of rotatable bonds is 1. The molecule has 6 heteroatoms. The van der Waals surface area contributed by atoms with E-state index in [4.69, 9.17) is 0 Å². The number of aromatic nitrogens is 4. The van der Waals surface area contributed by atoms with Gasteiger partial charge < -0.3 is 10.3 Å². The normalized spacial score (nSPS) is 14.7. The first-order chi connectivity index (χ1) is 12.9. The standard InChI is InChI=1S/C21H20FN5/c1-11-10-15(13-6-5-7-16-14(13)8-9-23-16)17(22)19-18(11)24-21(3,4)20-26-25-12(2)27(19)20/h5-10,23-24H,1-4H3. The maximum atomic E-state index is 15.9. The molecule has 2 N–H and O–H groups in total. The van der Waals surface area contributed by atoms with Crippen LogP contribution in [0.4, 0.5) is 10.1 Å². The van der Waals surface area contributed by atoms with Crippen LogP contribution in [-0.4, -0.2) is 19.7 Å². The minimum absolute atomic E-state index is 0.267.